The molecule has 1 aromatic carbocycles. The molecule has 9 heteroatoms. The molecule has 9 nitrogen and oxygen atoms in total. The van der Waals surface area contributed by atoms with E-state index in [0.29, 0.717) is 43.0 Å². The van der Waals surface area contributed by atoms with Crippen molar-refractivity contribution in [3.05, 3.63) is 87.3 Å². The van der Waals surface area contributed by atoms with Crippen molar-refractivity contribution in [3.63, 3.8) is 0 Å². The Kier molecular flexibility index (Phi) is 7.70. The number of carbonyl (C=O) groups excluding carboxylic acids is 2. The number of hydrogen-bond donors (Lipinski definition) is 0. The van der Waals surface area contributed by atoms with E-state index >= 15 is 0 Å². The molecule has 0 atom stereocenters. The van der Waals surface area contributed by atoms with Gasteiger partial charge in [-0.25, -0.2) is 9.78 Å². The molecule has 4 aromatic rings. The molecular formula is C27H28N4O5. The maximum atomic E-state index is 13.4. The van der Waals surface area contributed by atoms with Gasteiger partial charge >= 0.3 is 5.97 Å². The van der Waals surface area contributed by atoms with Gasteiger partial charge < -0.3 is 14.0 Å². The number of hydrogen-bond acceptors (Lipinski definition) is 6. The standard InChI is InChI=1S/C27H28N4O5/c1-4-35-15-9-14-31-23-20(26(33)30-13-7-6-12-22(30)28-23)17-21(27(34)36-5-2)24(31)29-25(32)19-11-8-10-18(3)16-19/h6-8,10-13,16-17H,4-5,9,14-15H2,1-3H3. The van der Waals surface area contributed by atoms with Crippen molar-refractivity contribution >= 4 is 28.6 Å². The van der Waals surface area contributed by atoms with Crippen LogP contribution in [0.3, 0.4) is 0 Å². The molecule has 0 saturated heterocycles. The summed E-state index contributed by atoms with van der Waals surface area (Å²) in [5, 5.41) is 0.222. The number of fused-ring (bicyclic) bond motifs is 2. The summed E-state index contributed by atoms with van der Waals surface area (Å²) in [4.78, 5) is 48.7. The van der Waals surface area contributed by atoms with Gasteiger partial charge in [0.2, 0.25) is 0 Å². The summed E-state index contributed by atoms with van der Waals surface area (Å²) in [5.41, 5.74) is 1.84. The smallest absolute Gasteiger partial charge is 0.341 e. The van der Waals surface area contributed by atoms with Crippen molar-refractivity contribution in [3.8, 4) is 0 Å². The monoisotopic (exact) mass is 488 g/mol. The highest BCUT2D eigenvalue weighted by Gasteiger charge is 2.20. The van der Waals surface area contributed by atoms with E-state index in [1.165, 1.54) is 10.5 Å². The van der Waals surface area contributed by atoms with Crippen LogP contribution < -0.4 is 11.0 Å². The fourth-order valence-electron chi connectivity index (χ4n) is 3.98. The van der Waals surface area contributed by atoms with Gasteiger partial charge in [-0.2, -0.15) is 4.99 Å². The molecule has 1 amide bonds. The fourth-order valence-corrected chi connectivity index (χ4v) is 3.98. The first-order chi connectivity index (χ1) is 17.4. The van der Waals surface area contributed by atoms with Crippen molar-refractivity contribution in [2.75, 3.05) is 19.8 Å². The van der Waals surface area contributed by atoms with Crippen molar-refractivity contribution < 1.29 is 19.1 Å². The zero-order valence-electron chi connectivity index (χ0n) is 20.6. The lowest BCUT2D eigenvalue weighted by Gasteiger charge is -2.15. The predicted octanol–water partition coefficient (Wildman–Crippen LogP) is 3.30. The first-order valence-corrected chi connectivity index (χ1v) is 11.9. The Balaban J connectivity index is 2.06. The third-order valence-electron chi connectivity index (χ3n) is 5.63. The van der Waals surface area contributed by atoms with E-state index in [4.69, 9.17) is 14.5 Å². The second kappa shape index (κ2) is 11.1. The number of carbonyl (C=O) groups is 2. The minimum absolute atomic E-state index is 0.0246. The van der Waals surface area contributed by atoms with E-state index in [0.717, 1.165) is 5.56 Å². The molecule has 4 rings (SSSR count). The van der Waals surface area contributed by atoms with Crippen LogP contribution in [0.2, 0.25) is 0 Å². The Bertz CT molecular complexity index is 1570. The fraction of sp³-hybridized carbons (Fsp3) is 0.296. The molecule has 0 N–H and O–H groups in total. The topological polar surface area (TPSA) is 104 Å². The van der Waals surface area contributed by atoms with E-state index in [1.807, 2.05) is 19.9 Å². The first kappa shape index (κ1) is 25.0. The summed E-state index contributed by atoms with van der Waals surface area (Å²) in [5.74, 6) is -1.19. The number of aryl methyl sites for hydroxylation is 2. The lowest BCUT2D eigenvalue weighted by molar-refractivity contribution is 0.0523. The second-order valence-electron chi connectivity index (χ2n) is 8.17. The zero-order chi connectivity index (χ0) is 25.7. The molecule has 3 aromatic heterocycles. The second-order valence-corrected chi connectivity index (χ2v) is 8.17. The van der Waals surface area contributed by atoms with Crippen molar-refractivity contribution in [1.29, 1.82) is 0 Å². The van der Waals surface area contributed by atoms with Crippen LogP contribution >= 0.6 is 0 Å². The molecule has 0 radical (unpaired) electrons. The summed E-state index contributed by atoms with van der Waals surface area (Å²) < 4.78 is 13.8. The van der Waals surface area contributed by atoms with Gasteiger partial charge in [-0.1, -0.05) is 23.8 Å². The molecule has 0 bridgehead atoms. The number of nitrogens with zero attached hydrogens (tertiary/aromatic N) is 4. The molecule has 0 saturated carbocycles. The summed E-state index contributed by atoms with van der Waals surface area (Å²) >= 11 is 0. The summed E-state index contributed by atoms with van der Waals surface area (Å²) in [7, 11) is 0. The molecule has 0 aliphatic carbocycles. The van der Waals surface area contributed by atoms with Crippen LogP contribution in [0.1, 0.15) is 46.5 Å². The summed E-state index contributed by atoms with van der Waals surface area (Å²) in [6.07, 6.45) is 2.17. The van der Waals surface area contributed by atoms with E-state index in [9.17, 15) is 14.4 Å². The molecule has 0 aliphatic rings. The van der Waals surface area contributed by atoms with Gasteiger partial charge in [0.15, 0.2) is 5.49 Å². The highest BCUT2D eigenvalue weighted by molar-refractivity contribution is 5.97. The van der Waals surface area contributed by atoms with E-state index < -0.39 is 11.9 Å². The van der Waals surface area contributed by atoms with Crippen LogP contribution in [-0.4, -0.2) is 45.6 Å². The number of ether oxygens (including phenoxy) is 2. The lowest BCUT2D eigenvalue weighted by atomic mass is 10.1. The quantitative estimate of drug-likeness (QED) is 0.214. The minimum atomic E-state index is -0.675. The van der Waals surface area contributed by atoms with Gasteiger partial charge in [0, 0.05) is 31.5 Å². The molecule has 0 unspecified atom stereocenters. The Morgan fingerprint density at radius 1 is 1.06 bits per heavy atom. The first-order valence-electron chi connectivity index (χ1n) is 11.9. The van der Waals surface area contributed by atoms with Gasteiger partial charge in [-0.3, -0.25) is 14.0 Å². The van der Waals surface area contributed by atoms with Crippen LogP contribution in [0.25, 0.3) is 16.7 Å². The minimum Gasteiger partial charge on any atom is -0.462 e. The highest BCUT2D eigenvalue weighted by Crippen LogP contribution is 2.13. The Morgan fingerprint density at radius 3 is 2.64 bits per heavy atom. The third-order valence-corrected chi connectivity index (χ3v) is 5.63. The summed E-state index contributed by atoms with van der Waals surface area (Å²) in [6, 6.07) is 13.7. The molecular weight excluding hydrogens is 460 g/mol. The number of amides is 1. The maximum Gasteiger partial charge on any atom is 0.341 e. The van der Waals surface area contributed by atoms with Crippen LogP contribution in [-0.2, 0) is 16.0 Å². The summed E-state index contributed by atoms with van der Waals surface area (Å²) in [6.45, 7) is 6.93. The molecule has 0 aliphatic heterocycles. The van der Waals surface area contributed by atoms with Crippen molar-refractivity contribution in [2.24, 2.45) is 4.99 Å². The average molecular weight is 489 g/mol. The molecule has 186 valence electrons. The predicted molar refractivity (Wildman–Crippen MR) is 135 cm³/mol. The van der Waals surface area contributed by atoms with Crippen LogP contribution in [0.5, 0.6) is 0 Å². The Labute approximate surface area is 207 Å². The van der Waals surface area contributed by atoms with Gasteiger partial charge in [-0.05, 0) is 57.5 Å². The normalized spacial score (nSPS) is 11.8. The highest BCUT2D eigenvalue weighted by atomic mass is 16.5. The maximum absolute atomic E-state index is 13.4. The molecule has 36 heavy (non-hydrogen) atoms. The third kappa shape index (κ3) is 5.11. The number of benzene rings is 1. The van der Waals surface area contributed by atoms with Gasteiger partial charge in [0.1, 0.15) is 16.9 Å². The van der Waals surface area contributed by atoms with E-state index in [-0.39, 0.29) is 28.6 Å². The Morgan fingerprint density at radius 2 is 1.89 bits per heavy atom. The molecule has 0 fully saturated rings. The van der Waals surface area contributed by atoms with Crippen molar-refractivity contribution in [2.45, 2.75) is 33.7 Å². The Hall–Kier alpha value is -4.11. The average Bonchev–Trinajstić information content (AvgIpc) is 2.87. The molecule has 3 heterocycles. The SMILES string of the molecule is CCOCCCn1c(=NC(=O)c2cccc(C)c2)c(C(=O)OCC)cc2c(=O)n3ccccc3nc21. The van der Waals surface area contributed by atoms with Gasteiger partial charge in [0.25, 0.3) is 11.5 Å². The molecule has 0 spiro atoms. The number of rotatable bonds is 8. The van der Waals surface area contributed by atoms with Crippen LogP contribution in [0.4, 0.5) is 0 Å². The largest absolute Gasteiger partial charge is 0.462 e. The lowest BCUT2D eigenvalue weighted by Crippen LogP contribution is -2.33. The van der Waals surface area contributed by atoms with Crippen LogP contribution in [0.15, 0.2) is 64.5 Å². The van der Waals surface area contributed by atoms with Crippen LogP contribution in [0, 0.1) is 6.92 Å². The van der Waals surface area contributed by atoms with E-state index in [1.54, 1.807) is 54.1 Å². The van der Waals surface area contributed by atoms with E-state index in [2.05, 4.69) is 4.99 Å². The number of pyridine rings is 2. The number of esters is 1. The van der Waals surface area contributed by atoms with Crippen molar-refractivity contribution in [1.82, 2.24) is 14.0 Å². The zero-order valence-corrected chi connectivity index (χ0v) is 20.6. The van der Waals surface area contributed by atoms with Gasteiger partial charge in [0.05, 0.1) is 12.0 Å². The van der Waals surface area contributed by atoms with Gasteiger partial charge in [-0.15, -0.1) is 0 Å². The number of aromatic nitrogens is 3.